The minimum Gasteiger partial charge on any atom is -0.481 e. The van der Waals surface area contributed by atoms with Gasteiger partial charge in [-0.3, -0.25) is 0 Å². The average Bonchev–Trinajstić information content (AvgIpc) is 2.03. The van der Waals surface area contributed by atoms with E-state index in [1.807, 2.05) is 0 Å². The molecule has 0 aromatic carbocycles. The van der Waals surface area contributed by atoms with E-state index >= 15 is 0 Å². The second-order valence-electron chi connectivity index (χ2n) is 1.82. The van der Waals surface area contributed by atoms with Crippen molar-refractivity contribution < 1.29 is 17.0 Å². The van der Waals surface area contributed by atoms with Crippen molar-refractivity contribution in [2.45, 2.75) is 5.16 Å². The van der Waals surface area contributed by atoms with E-state index in [-0.39, 0.29) is 5.88 Å². The van der Waals surface area contributed by atoms with Crippen molar-refractivity contribution in [1.29, 1.82) is 0 Å². The summed E-state index contributed by atoms with van der Waals surface area (Å²) in [6, 6.07) is 1.31. The number of rotatable bonds is 2. The van der Waals surface area contributed by atoms with Crippen LogP contribution in [0.15, 0.2) is 17.4 Å². The number of ether oxygens (including phenoxy) is 1. The van der Waals surface area contributed by atoms with Crippen molar-refractivity contribution >= 4 is 10.2 Å². The van der Waals surface area contributed by atoms with Gasteiger partial charge in [0, 0.05) is 12.3 Å². The third-order valence-electron chi connectivity index (χ3n) is 1.04. The van der Waals surface area contributed by atoms with Crippen molar-refractivity contribution in [2.24, 2.45) is 0 Å². The van der Waals surface area contributed by atoms with Crippen LogP contribution in [0.5, 0.6) is 5.88 Å². The summed E-state index contributed by atoms with van der Waals surface area (Å²) in [4.78, 5) is 6.47. The van der Waals surface area contributed by atoms with E-state index in [0.717, 1.165) is 6.20 Å². The number of nitrogens with zero attached hydrogens (tertiary/aromatic N) is 2. The van der Waals surface area contributed by atoms with Gasteiger partial charge in [-0.25, -0.2) is 4.98 Å². The second kappa shape index (κ2) is 3.02. The van der Waals surface area contributed by atoms with Crippen molar-refractivity contribution in [3.63, 3.8) is 0 Å². The van der Waals surface area contributed by atoms with Crippen LogP contribution < -0.4 is 4.74 Å². The lowest BCUT2D eigenvalue weighted by molar-refractivity contribution is 0.390. The molecule has 1 aromatic rings. The van der Waals surface area contributed by atoms with Crippen LogP contribution in [0.4, 0.5) is 3.89 Å². The minimum atomic E-state index is -4.84. The summed E-state index contributed by atoms with van der Waals surface area (Å²) in [7, 11) is -3.55. The van der Waals surface area contributed by atoms with E-state index in [2.05, 4.69) is 14.7 Å². The third-order valence-corrected chi connectivity index (χ3v) is 1.67. The van der Waals surface area contributed by atoms with Crippen molar-refractivity contribution in [1.82, 2.24) is 9.97 Å². The number of halogens is 1. The maximum absolute atomic E-state index is 12.2. The SMILES string of the molecule is COc1ccnc(S(=O)(=O)F)n1. The molecule has 7 heteroatoms. The molecular formula is C5H5FN2O3S. The van der Waals surface area contributed by atoms with E-state index in [1.54, 1.807) is 0 Å². The number of hydrogen-bond donors (Lipinski definition) is 0. The molecule has 0 aliphatic carbocycles. The van der Waals surface area contributed by atoms with Crippen LogP contribution in [0.2, 0.25) is 0 Å². The van der Waals surface area contributed by atoms with Crippen LogP contribution in [0.1, 0.15) is 0 Å². The smallest absolute Gasteiger partial charge is 0.368 e. The van der Waals surface area contributed by atoms with Gasteiger partial charge in [-0.05, 0) is 0 Å². The summed E-state index contributed by atoms with van der Waals surface area (Å²) >= 11 is 0. The van der Waals surface area contributed by atoms with E-state index in [4.69, 9.17) is 0 Å². The highest BCUT2D eigenvalue weighted by molar-refractivity contribution is 7.86. The number of methoxy groups -OCH3 is 1. The minimum absolute atomic E-state index is 0.00113. The maximum Gasteiger partial charge on any atom is 0.368 e. The molecule has 0 atom stereocenters. The predicted molar refractivity (Wildman–Crippen MR) is 36.9 cm³/mol. The molecule has 1 heterocycles. The molecule has 0 saturated heterocycles. The number of hydrogen-bond acceptors (Lipinski definition) is 5. The Hall–Kier alpha value is -1.24. The Balaban J connectivity index is 3.20. The molecule has 66 valence electrons. The molecule has 0 aliphatic rings. The van der Waals surface area contributed by atoms with Crippen LogP contribution in [0.3, 0.4) is 0 Å². The number of aromatic nitrogens is 2. The third kappa shape index (κ3) is 1.88. The molecule has 0 spiro atoms. The van der Waals surface area contributed by atoms with Gasteiger partial charge in [0.05, 0.1) is 7.11 Å². The van der Waals surface area contributed by atoms with E-state index in [1.165, 1.54) is 13.2 Å². The molecule has 0 aliphatic heterocycles. The van der Waals surface area contributed by atoms with Gasteiger partial charge in [-0.15, -0.1) is 0 Å². The Morgan fingerprint density at radius 3 is 2.75 bits per heavy atom. The van der Waals surface area contributed by atoms with Gasteiger partial charge in [0.2, 0.25) is 5.88 Å². The molecule has 1 rings (SSSR count). The molecule has 0 bridgehead atoms. The van der Waals surface area contributed by atoms with Crippen LogP contribution in [-0.2, 0) is 10.2 Å². The zero-order valence-electron chi connectivity index (χ0n) is 6.06. The lowest BCUT2D eigenvalue weighted by atomic mass is 10.6. The topological polar surface area (TPSA) is 69.2 Å². The summed E-state index contributed by atoms with van der Waals surface area (Å²) in [5, 5.41) is -0.887. The van der Waals surface area contributed by atoms with E-state index in [9.17, 15) is 12.3 Å². The Morgan fingerprint density at radius 1 is 1.58 bits per heavy atom. The fourth-order valence-corrected chi connectivity index (χ4v) is 0.942. The zero-order valence-corrected chi connectivity index (χ0v) is 6.88. The summed E-state index contributed by atoms with van der Waals surface area (Å²) in [6.45, 7) is 0. The van der Waals surface area contributed by atoms with Gasteiger partial charge in [-0.2, -0.15) is 13.4 Å². The van der Waals surface area contributed by atoms with Crippen LogP contribution >= 0.6 is 0 Å². The molecule has 0 amide bonds. The molecule has 0 radical (unpaired) electrons. The van der Waals surface area contributed by atoms with E-state index in [0.29, 0.717) is 0 Å². The highest BCUT2D eigenvalue weighted by Crippen LogP contribution is 2.09. The molecule has 12 heavy (non-hydrogen) atoms. The first kappa shape index (κ1) is 8.85. The predicted octanol–water partition coefficient (Wildman–Crippen LogP) is 0.143. The summed E-state index contributed by atoms with van der Waals surface area (Å²) in [6.07, 6.45) is 1.10. The molecular weight excluding hydrogens is 187 g/mol. The molecule has 0 N–H and O–H groups in total. The second-order valence-corrected chi connectivity index (χ2v) is 3.06. The average molecular weight is 192 g/mol. The largest absolute Gasteiger partial charge is 0.481 e. The van der Waals surface area contributed by atoms with Gasteiger partial charge in [0.25, 0.3) is 5.16 Å². The first-order valence-corrected chi connectivity index (χ1v) is 4.24. The Morgan fingerprint density at radius 2 is 2.25 bits per heavy atom. The van der Waals surface area contributed by atoms with Gasteiger partial charge >= 0.3 is 10.2 Å². The van der Waals surface area contributed by atoms with Crippen molar-refractivity contribution in [3.05, 3.63) is 12.3 Å². The summed E-state index contributed by atoms with van der Waals surface area (Å²) in [5.74, 6) is 0.00113. The Labute approximate surface area is 68.4 Å². The normalized spacial score (nSPS) is 11.2. The first-order chi connectivity index (χ1) is 5.54. The van der Waals surface area contributed by atoms with Crippen molar-refractivity contribution in [2.75, 3.05) is 7.11 Å². The summed E-state index contributed by atoms with van der Waals surface area (Å²) in [5.41, 5.74) is 0. The van der Waals surface area contributed by atoms with Gasteiger partial charge in [0.1, 0.15) is 0 Å². The molecule has 5 nitrogen and oxygen atoms in total. The molecule has 1 aromatic heterocycles. The highest BCUT2D eigenvalue weighted by Gasteiger charge is 2.15. The molecule has 0 fully saturated rings. The standard InChI is InChI=1S/C5H5FN2O3S/c1-11-4-2-3-7-5(8-4)12(6,9)10/h2-3H,1H3. The monoisotopic (exact) mass is 192 g/mol. The maximum atomic E-state index is 12.2. The first-order valence-electron chi connectivity index (χ1n) is 2.86. The Bertz CT molecular complexity index is 378. The van der Waals surface area contributed by atoms with Gasteiger partial charge in [-0.1, -0.05) is 3.89 Å². The quantitative estimate of drug-likeness (QED) is 0.492. The summed E-state index contributed by atoms with van der Waals surface area (Å²) < 4.78 is 37.3. The lowest BCUT2D eigenvalue weighted by Gasteiger charge is -1.97. The van der Waals surface area contributed by atoms with Gasteiger partial charge in [0.15, 0.2) is 0 Å². The van der Waals surface area contributed by atoms with Crippen LogP contribution in [0.25, 0.3) is 0 Å². The zero-order chi connectivity index (χ0) is 9.19. The molecule has 0 saturated carbocycles. The van der Waals surface area contributed by atoms with Crippen molar-refractivity contribution in [3.8, 4) is 5.88 Å². The molecule has 0 unspecified atom stereocenters. The fourth-order valence-electron chi connectivity index (χ4n) is 0.556. The lowest BCUT2D eigenvalue weighted by Crippen LogP contribution is -2.00. The van der Waals surface area contributed by atoms with Crippen LogP contribution in [-0.4, -0.2) is 25.5 Å². The fraction of sp³-hybridized carbons (Fsp3) is 0.200. The highest BCUT2D eigenvalue weighted by atomic mass is 32.3. The van der Waals surface area contributed by atoms with Gasteiger partial charge < -0.3 is 4.74 Å². The van der Waals surface area contributed by atoms with Crippen LogP contribution in [0, 0.1) is 0 Å². The van der Waals surface area contributed by atoms with E-state index < -0.39 is 15.4 Å². The Kier molecular flexibility index (Phi) is 2.22.